The number of nitrogens with zero attached hydrogens (tertiary/aromatic N) is 1. The van der Waals surface area contributed by atoms with E-state index >= 15 is 0 Å². The van der Waals surface area contributed by atoms with Gasteiger partial charge in [-0.3, -0.25) is 4.90 Å². The largest absolute Gasteiger partial charge is 0.327 e. The van der Waals surface area contributed by atoms with Gasteiger partial charge in [0.05, 0.1) is 0 Å². The standard InChI is InChI=1S/C13H20N2.2ClH/c1-11-9-15(8-7-13(11)14)10-12-5-3-2-4-6-12;;/h2-6,11,13H,7-10,14H2,1H3;2*1H/t11-,13+;;/m1../s1. The Morgan fingerprint density at radius 3 is 2.47 bits per heavy atom. The molecule has 4 heteroatoms. The van der Waals surface area contributed by atoms with Gasteiger partial charge in [0, 0.05) is 19.1 Å². The summed E-state index contributed by atoms with van der Waals surface area (Å²) in [4.78, 5) is 2.50. The highest BCUT2D eigenvalue weighted by atomic mass is 35.5. The Hall–Kier alpha value is -0.280. The van der Waals surface area contributed by atoms with Crippen molar-refractivity contribution in [3.8, 4) is 0 Å². The first-order valence-corrected chi connectivity index (χ1v) is 5.77. The van der Waals surface area contributed by atoms with Crippen molar-refractivity contribution >= 4 is 24.8 Å². The summed E-state index contributed by atoms with van der Waals surface area (Å²) in [5, 5.41) is 0. The van der Waals surface area contributed by atoms with Gasteiger partial charge in [0.25, 0.3) is 0 Å². The lowest BCUT2D eigenvalue weighted by Crippen LogP contribution is -2.45. The van der Waals surface area contributed by atoms with Crippen molar-refractivity contribution in [2.45, 2.75) is 25.9 Å². The fraction of sp³-hybridized carbons (Fsp3) is 0.538. The summed E-state index contributed by atoms with van der Waals surface area (Å²) >= 11 is 0. The van der Waals surface area contributed by atoms with E-state index in [9.17, 15) is 0 Å². The molecule has 0 spiro atoms. The summed E-state index contributed by atoms with van der Waals surface area (Å²) in [5.41, 5.74) is 7.41. The molecular formula is C13H22Cl2N2. The molecule has 1 fully saturated rings. The molecule has 0 amide bonds. The predicted octanol–water partition coefficient (Wildman–Crippen LogP) is 2.70. The summed E-state index contributed by atoms with van der Waals surface area (Å²) in [6, 6.07) is 11.1. The third-order valence-corrected chi connectivity index (χ3v) is 3.30. The van der Waals surface area contributed by atoms with Gasteiger partial charge in [-0.2, -0.15) is 0 Å². The van der Waals surface area contributed by atoms with Crippen LogP contribution in [0.4, 0.5) is 0 Å². The number of likely N-dealkylation sites (tertiary alicyclic amines) is 1. The second-order valence-electron chi connectivity index (χ2n) is 4.65. The minimum Gasteiger partial charge on any atom is -0.327 e. The fourth-order valence-corrected chi connectivity index (χ4v) is 2.24. The van der Waals surface area contributed by atoms with Crippen LogP contribution in [0.1, 0.15) is 18.9 Å². The molecule has 1 aliphatic rings. The topological polar surface area (TPSA) is 29.3 Å². The maximum atomic E-state index is 6.01. The smallest absolute Gasteiger partial charge is 0.0233 e. The zero-order chi connectivity index (χ0) is 10.7. The lowest BCUT2D eigenvalue weighted by Gasteiger charge is -2.35. The van der Waals surface area contributed by atoms with E-state index in [0.717, 1.165) is 26.1 Å². The third-order valence-electron chi connectivity index (χ3n) is 3.30. The van der Waals surface area contributed by atoms with Crippen LogP contribution in [-0.2, 0) is 6.54 Å². The van der Waals surface area contributed by atoms with Gasteiger partial charge < -0.3 is 5.73 Å². The average Bonchev–Trinajstić information content (AvgIpc) is 2.25. The molecule has 2 rings (SSSR count). The number of hydrogen-bond acceptors (Lipinski definition) is 2. The Balaban J connectivity index is 0.00000128. The predicted molar refractivity (Wildman–Crippen MR) is 78.0 cm³/mol. The molecular weight excluding hydrogens is 255 g/mol. The zero-order valence-corrected chi connectivity index (χ0v) is 11.8. The van der Waals surface area contributed by atoms with E-state index in [1.807, 2.05) is 0 Å². The van der Waals surface area contributed by atoms with Crippen LogP contribution in [-0.4, -0.2) is 24.0 Å². The van der Waals surface area contributed by atoms with E-state index in [-0.39, 0.29) is 24.8 Å². The molecule has 0 radical (unpaired) electrons. The third kappa shape index (κ3) is 4.84. The fourth-order valence-electron chi connectivity index (χ4n) is 2.24. The molecule has 0 bridgehead atoms. The van der Waals surface area contributed by atoms with Gasteiger partial charge in [0.2, 0.25) is 0 Å². The Kier molecular flexibility index (Phi) is 7.80. The molecule has 2 atom stereocenters. The van der Waals surface area contributed by atoms with Crippen LogP contribution < -0.4 is 5.73 Å². The summed E-state index contributed by atoms with van der Waals surface area (Å²) in [7, 11) is 0. The number of halogens is 2. The molecule has 1 heterocycles. The molecule has 0 saturated carbocycles. The Morgan fingerprint density at radius 2 is 1.88 bits per heavy atom. The highest BCUT2D eigenvalue weighted by Crippen LogP contribution is 2.16. The lowest BCUT2D eigenvalue weighted by molar-refractivity contribution is 0.158. The number of hydrogen-bond donors (Lipinski definition) is 1. The van der Waals surface area contributed by atoms with E-state index < -0.39 is 0 Å². The monoisotopic (exact) mass is 276 g/mol. The molecule has 2 N–H and O–H groups in total. The molecule has 0 unspecified atom stereocenters. The van der Waals surface area contributed by atoms with Crippen LogP contribution >= 0.6 is 24.8 Å². The molecule has 17 heavy (non-hydrogen) atoms. The summed E-state index contributed by atoms with van der Waals surface area (Å²) in [5.74, 6) is 0.627. The van der Waals surface area contributed by atoms with Gasteiger partial charge in [0.15, 0.2) is 0 Å². The summed E-state index contributed by atoms with van der Waals surface area (Å²) in [6.07, 6.45) is 1.13. The van der Waals surface area contributed by atoms with Crippen LogP contribution in [0, 0.1) is 5.92 Å². The second-order valence-corrected chi connectivity index (χ2v) is 4.65. The number of benzene rings is 1. The highest BCUT2D eigenvalue weighted by molar-refractivity contribution is 5.85. The van der Waals surface area contributed by atoms with Crippen molar-refractivity contribution in [2.24, 2.45) is 11.7 Å². The Labute approximate surface area is 116 Å². The summed E-state index contributed by atoms with van der Waals surface area (Å²) in [6.45, 7) is 5.59. The molecule has 1 saturated heterocycles. The Bertz CT molecular complexity index is 306. The molecule has 2 nitrogen and oxygen atoms in total. The van der Waals surface area contributed by atoms with E-state index in [0.29, 0.717) is 12.0 Å². The van der Waals surface area contributed by atoms with E-state index in [1.54, 1.807) is 0 Å². The number of rotatable bonds is 2. The molecule has 0 aliphatic carbocycles. The first-order valence-electron chi connectivity index (χ1n) is 5.77. The molecule has 98 valence electrons. The van der Waals surface area contributed by atoms with Gasteiger partial charge in [0.1, 0.15) is 0 Å². The SMILES string of the molecule is C[C@@H]1CN(Cc2ccccc2)CC[C@@H]1N.Cl.Cl. The van der Waals surface area contributed by atoms with Crippen molar-refractivity contribution in [3.63, 3.8) is 0 Å². The first kappa shape index (κ1) is 16.7. The van der Waals surface area contributed by atoms with Crippen molar-refractivity contribution in [2.75, 3.05) is 13.1 Å². The minimum absolute atomic E-state index is 0. The molecule has 0 aromatic heterocycles. The number of piperidine rings is 1. The average molecular weight is 277 g/mol. The van der Waals surface area contributed by atoms with Crippen LogP contribution in [0.25, 0.3) is 0 Å². The zero-order valence-electron chi connectivity index (χ0n) is 10.2. The van der Waals surface area contributed by atoms with Crippen molar-refractivity contribution in [3.05, 3.63) is 35.9 Å². The van der Waals surface area contributed by atoms with Gasteiger partial charge in [-0.1, -0.05) is 37.3 Å². The summed E-state index contributed by atoms with van der Waals surface area (Å²) < 4.78 is 0. The quantitative estimate of drug-likeness (QED) is 0.900. The maximum absolute atomic E-state index is 6.01. The van der Waals surface area contributed by atoms with Crippen molar-refractivity contribution < 1.29 is 0 Å². The highest BCUT2D eigenvalue weighted by Gasteiger charge is 2.22. The first-order chi connectivity index (χ1) is 7.25. The molecule has 1 aromatic carbocycles. The minimum atomic E-state index is 0. The molecule has 1 aromatic rings. The van der Waals surface area contributed by atoms with Gasteiger partial charge in [-0.15, -0.1) is 24.8 Å². The second kappa shape index (κ2) is 7.93. The van der Waals surface area contributed by atoms with Gasteiger partial charge >= 0.3 is 0 Å². The lowest BCUT2D eigenvalue weighted by atomic mass is 9.94. The molecule has 1 aliphatic heterocycles. The Morgan fingerprint density at radius 1 is 1.24 bits per heavy atom. The number of nitrogens with two attached hydrogens (primary N) is 1. The van der Waals surface area contributed by atoms with E-state index in [1.165, 1.54) is 5.56 Å². The van der Waals surface area contributed by atoms with Crippen LogP contribution in [0.5, 0.6) is 0 Å². The van der Waals surface area contributed by atoms with Crippen molar-refractivity contribution in [1.82, 2.24) is 4.90 Å². The van der Waals surface area contributed by atoms with E-state index in [2.05, 4.69) is 42.2 Å². The normalized spacial score (nSPS) is 24.6. The van der Waals surface area contributed by atoms with Gasteiger partial charge in [-0.05, 0) is 24.4 Å². The van der Waals surface area contributed by atoms with Crippen LogP contribution in [0.3, 0.4) is 0 Å². The van der Waals surface area contributed by atoms with E-state index in [4.69, 9.17) is 5.73 Å². The maximum Gasteiger partial charge on any atom is 0.0233 e. The van der Waals surface area contributed by atoms with Crippen LogP contribution in [0.2, 0.25) is 0 Å². The van der Waals surface area contributed by atoms with Crippen LogP contribution in [0.15, 0.2) is 30.3 Å². The van der Waals surface area contributed by atoms with Gasteiger partial charge in [-0.25, -0.2) is 0 Å². The van der Waals surface area contributed by atoms with Crippen molar-refractivity contribution in [1.29, 1.82) is 0 Å².